The fraction of sp³-hybridized carbons (Fsp3) is 0.412. The van der Waals surface area contributed by atoms with Crippen molar-refractivity contribution in [2.75, 3.05) is 19.0 Å². The van der Waals surface area contributed by atoms with Gasteiger partial charge in [-0.3, -0.25) is 0 Å². The molecular weight excluding hydrogens is 246 g/mol. The molecule has 1 aromatic heterocycles. The van der Waals surface area contributed by atoms with Gasteiger partial charge in [0.1, 0.15) is 0 Å². The van der Waals surface area contributed by atoms with Crippen LogP contribution in [0.3, 0.4) is 0 Å². The molecule has 1 aliphatic rings. The van der Waals surface area contributed by atoms with Gasteiger partial charge in [-0.15, -0.1) is 0 Å². The molecule has 0 amide bonds. The molecule has 2 aromatic rings. The Bertz CT molecular complexity index is 608. The van der Waals surface area contributed by atoms with Crippen molar-refractivity contribution in [3.8, 4) is 5.69 Å². The predicted octanol–water partition coefficient (Wildman–Crippen LogP) is 3.19. The van der Waals surface area contributed by atoms with Crippen LogP contribution in [0.15, 0.2) is 30.3 Å². The first-order valence-corrected chi connectivity index (χ1v) is 7.32. The number of hydrogen-bond acceptors (Lipinski definition) is 2. The summed E-state index contributed by atoms with van der Waals surface area (Å²) in [5.74, 6) is 0. The lowest BCUT2D eigenvalue weighted by Crippen LogP contribution is -2.18. The average molecular weight is 269 g/mol. The second-order valence-corrected chi connectivity index (χ2v) is 5.93. The second kappa shape index (κ2) is 4.98. The van der Waals surface area contributed by atoms with Crippen molar-refractivity contribution in [2.24, 2.45) is 5.73 Å². The quantitative estimate of drug-likeness (QED) is 0.908. The molecule has 0 bridgehead atoms. The SMILES string of the molecule is Cc1cc2c(n1-c1ccc(N(C)C)cc1)CCCC2N. The highest BCUT2D eigenvalue weighted by molar-refractivity contribution is 5.52. The van der Waals surface area contributed by atoms with E-state index in [1.165, 1.54) is 34.7 Å². The summed E-state index contributed by atoms with van der Waals surface area (Å²) in [4.78, 5) is 2.12. The van der Waals surface area contributed by atoms with Gasteiger partial charge < -0.3 is 15.2 Å². The molecule has 3 rings (SSSR count). The van der Waals surface area contributed by atoms with E-state index < -0.39 is 0 Å². The minimum Gasteiger partial charge on any atom is -0.378 e. The summed E-state index contributed by atoms with van der Waals surface area (Å²) in [7, 11) is 4.13. The first-order valence-electron chi connectivity index (χ1n) is 7.32. The number of fused-ring (bicyclic) bond motifs is 1. The lowest BCUT2D eigenvalue weighted by molar-refractivity contribution is 0.560. The molecule has 0 radical (unpaired) electrons. The van der Waals surface area contributed by atoms with Crippen LogP contribution in [-0.4, -0.2) is 18.7 Å². The Labute approximate surface area is 121 Å². The van der Waals surface area contributed by atoms with Crippen LogP contribution in [-0.2, 0) is 6.42 Å². The van der Waals surface area contributed by atoms with Gasteiger partial charge in [-0.05, 0) is 62.1 Å². The number of anilines is 1. The van der Waals surface area contributed by atoms with E-state index in [0.29, 0.717) is 0 Å². The molecule has 3 nitrogen and oxygen atoms in total. The Kier molecular flexibility index (Phi) is 3.30. The second-order valence-electron chi connectivity index (χ2n) is 5.93. The number of nitrogens with two attached hydrogens (primary N) is 1. The first kappa shape index (κ1) is 13.3. The van der Waals surface area contributed by atoms with Crippen molar-refractivity contribution in [3.63, 3.8) is 0 Å². The smallest absolute Gasteiger partial charge is 0.0456 e. The topological polar surface area (TPSA) is 34.2 Å². The van der Waals surface area contributed by atoms with E-state index >= 15 is 0 Å². The molecule has 0 fully saturated rings. The molecule has 106 valence electrons. The van der Waals surface area contributed by atoms with Gasteiger partial charge in [0.25, 0.3) is 0 Å². The third-order valence-electron chi connectivity index (χ3n) is 4.27. The van der Waals surface area contributed by atoms with Gasteiger partial charge in [-0.25, -0.2) is 0 Å². The molecule has 1 aliphatic carbocycles. The summed E-state index contributed by atoms with van der Waals surface area (Å²) in [6.45, 7) is 2.17. The molecule has 1 atom stereocenters. The lowest BCUT2D eigenvalue weighted by Gasteiger charge is -2.21. The highest BCUT2D eigenvalue weighted by atomic mass is 15.1. The molecule has 1 heterocycles. The molecule has 0 saturated carbocycles. The van der Waals surface area contributed by atoms with Crippen molar-refractivity contribution in [1.82, 2.24) is 4.57 Å². The Morgan fingerprint density at radius 1 is 1.20 bits per heavy atom. The van der Waals surface area contributed by atoms with Gasteiger partial charge in [-0.2, -0.15) is 0 Å². The molecule has 1 aromatic carbocycles. The van der Waals surface area contributed by atoms with Crippen LogP contribution in [0, 0.1) is 6.92 Å². The maximum Gasteiger partial charge on any atom is 0.0456 e. The maximum absolute atomic E-state index is 6.25. The van der Waals surface area contributed by atoms with E-state index in [9.17, 15) is 0 Å². The molecule has 0 saturated heterocycles. The van der Waals surface area contributed by atoms with Crippen molar-refractivity contribution in [2.45, 2.75) is 32.2 Å². The van der Waals surface area contributed by atoms with Gasteiger partial charge in [0.05, 0.1) is 0 Å². The number of benzene rings is 1. The summed E-state index contributed by atoms with van der Waals surface area (Å²) < 4.78 is 2.37. The van der Waals surface area contributed by atoms with Crippen LogP contribution < -0.4 is 10.6 Å². The minimum absolute atomic E-state index is 0.208. The summed E-state index contributed by atoms with van der Waals surface area (Å²) in [6.07, 6.45) is 3.43. The Morgan fingerprint density at radius 2 is 1.90 bits per heavy atom. The third-order valence-corrected chi connectivity index (χ3v) is 4.27. The van der Waals surface area contributed by atoms with E-state index in [2.05, 4.69) is 60.8 Å². The molecular formula is C17H23N3. The summed E-state index contributed by atoms with van der Waals surface area (Å²) in [5, 5.41) is 0. The summed E-state index contributed by atoms with van der Waals surface area (Å²) in [5.41, 5.74) is 12.7. The standard InChI is InChI=1S/C17H23N3/c1-12-11-15-16(18)5-4-6-17(15)20(12)14-9-7-13(8-10-14)19(2)3/h7-11,16H,4-6,18H2,1-3H3. The first-order chi connectivity index (χ1) is 9.58. The number of aryl methyl sites for hydroxylation is 1. The predicted molar refractivity (Wildman–Crippen MR) is 84.7 cm³/mol. The van der Waals surface area contributed by atoms with Gasteiger partial charge in [0, 0.05) is 42.9 Å². The number of nitrogens with zero attached hydrogens (tertiary/aromatic N) is 2. The molecule has 3 heteroatoms. The van der Waals surface area contributed by atoms with Gasteiger partial charge in [0.15, 0.2) is 0 Å². The van der Waals surface area contributed by atoms with E-state index in [1.807, 2.05) is 0 Å². The van der Waals surface area contributed by atoms with E-state index in [0.717, 1.165) is 12.8 Å². The minimum atomic E-state index is 0.208. The van der Waals surface area contributed by atoms with Crippen LogP contribution in [0.5, 0.6) is 0 Å². The Hall–Kier alpha value is -1.74. The fourth-order valence-corrected chi connectivity index (χ4v) is 3.20. The van der Waals surface area contributed by atoms with Crippen LogP contribution in [0.4, 0.5) is 5.69 Å². The largest absolute Gasteiger partial charge is 0.378 e. The fourth-order valence-electron chi connectivity index (χ4n) is 3.20. The summed E-state index contributed by atoms with van der Waals surface area (Å²) >= 11 is 0. The zero-order valence-corrected chi connectivity index (χ0v) is 12.6. The van der Waals surface area contributed by atoms with E-state index in [1.54, 1.807) is 0 Å². The zero-order valence-electron chi connectivity index (χ0n) is 12.6. The average Bonchev–Trinajstić information content (AvgIpc) is 2.77. The van der Waals surface area contributed by atoms with Crippen LogP contribution in [0.25, 0.3) is 5.69 Å². The van der Waals surface area contributed by atoms with Gasteiger partial charge in [-0.1, -0.05) is 0 Å². The Balaban J connectivity index is 2.06. The van der Waals surface area contributed by atoms with Crippen molar-refractivity contribution in [1.29, 1.82) is 0 Å². The molecule has 1 unspecified atom stereocenters. The zero-order chi connectivity index (χ0) is 14.3. The van der Waals surface area contributed by atoms with Gasteiger partial charge >= 0.3 is 0 Å². The van der Waals surface area contributed by atoms with Gasteiger partial charge in [0.2, 0.25) is 0 Å². The van der Waals surface area contributed by atoms with E-state index in [4.69, 9.17) is 5.73 Å². The number of hydrogen-bond donors (Lipinski definition) is 1. The third kappa shape index (κ3) is 2.12. The molecule has 0 spiro atoms. The van der Waals surface area contributed by atoms with Crippen LogP contribution in [0.2, 0.25) is 0 Å². The molecule has 2 N–H and O–H groups in total. The van der Waals surface area contributed by atoms with Crippen molar-refractivity contribution >= 4 is 5.69 Å². The normalized spacial score (nSPS) is 17.9. The monoisotopic (exact) mass is 269 g/mol. The number of aromatic nitrogens is 1. The van der Waals surface area contributed by atoms with E-state index in [-0.39, 0.29) is 6.04 Å². The molecule has 0 aliphatic heterocycles. The number of rotatable bonds is 2. The van der Waals surface area contributed by atoms with Crippen molar-refractivity contribution in [3.05, 3.63) is 47.3 Å². The van der Waals surface area contributed by atoms with Crippen LogP contribution in [0.1, 0.15) is 35.8 Å². The van der Waals surface area contributed by atoms with Crippen molar-refractivity contribution < 1.29 is 0 Å². The lowest BCUT2D eigenvalue weighted by atomic mass is 9.93. The molecule has 20 heavy (non-hydrogen) atoms. The summed E-state index contributed by atoms with van der Waals surface area (Å²) in [6, 6.07) is 11.2. The maximum atomic E-state index is 6.25. The highest BCUT2D eigenvalue weighted by Gasteiger charge is 2.22. The Morgan fingerprint density at radius 3 is 2.55 bits per heavy atom. The van der Waals surface area contributed by atoms with Crippen LogP contribution >= 0.6 is 0 Å². The highest BCUT2D eigenvalue weighted by Crippen LogP contribution is 2.33.